The van der Waals surface area contributed by atoms with Crippen molar-refractivity contribution in [1.29, 1.82) is 0 Å². The van der Waals surface area contributed by atoms with Crippen LogP contribution in [0.15, 0.2) is 11.2 Å². The Labute approximate surface area is 138 Å². The van der Waals surface area contributed by atoms with Crippen LogP contribution < -0.4 is 10.6 Å². The molecule has 0 aromatic carbocycles. The quantitative estimate of drug-likeness (QED) is 0.623. The highest BCUT2D eigenvalue weighted by atomic mass is 32.1. The Kier molecular flexibility index (Phi) is 7.12. The third-order valence-corrected chi connectivity index (χ3v) is 5.21. The molecule has 0 radical (unpaired) electrons. The normalized spacial score (nSPS) is 17.7. The molecule has 0 atom stereocenters. The van der Waals surface area contributed by atoms with Gasteiger partial charge in [-0.1, -0.05) is 6.92 Å². The fourth-order valence-electron chi connectivity index (χ4n) is 2.85. The van der Waals surface area contributed by atoms with Crippen molar-refractivity contribution in [3.8, 4) is 0 Å². The summed E-state index contributed by atoms with van der Waals surface area (Å²) in [5, 5.41) is 7.86. The number of aryl methyl sites for hydroxylation is 1. The third kappa shape index (κ3) is 5.57. The van der Waals surface area contributed by atoms with E-state index in [1.165, 1.54) is 43.8 Å². The van der Waals surface area contributed by atoms with E-state index in [2.05, 4.69) is 39.4 Å². The smallest absolute Gasteiger partial charge is 0.191 e. The van der Waals surface area contributed by atoms with Crippen LogP contribution in [0.1, 0.15) is 36.1 Å². The largest absolute Gasteiger partial charge is 0.356 e. The molecule has 2 heterocycles. The summed E-state index contributed by atoms with van der Waals surface area (Å²) in [6, 6.07) is 0. The van der Waals surface area contributed by atoms with Crippen LogP contribution in [-0.2, 0) is 6.54 Å². The summed E-state index contributed by atoms with van der Waals surface area (Å²) >= 11 is 1.73. The highest BCUT2D eigenvalue weighted by molar-refractivity contribution is 7.11. The molecule has 0 aliphatic carbocycles. The number of hydrogen-bond acceptors (Lipinski definition) is 4. The van der Waals surface area contributed by atoms with Crippen molar-refractivity contribution in [1.82, 2.24) is 20.5 Å². The predicted molar refractivity (Wildman–Crippen MR) is 94.5 cm³/mol. The van der Waals surface area contributed by atoms with E-state index in [4.69, 9.17) is 0 Å². The molecule has 2 N–H and O–H groups in total. The minimum absolute atomic E-state index is 0.743. The lowest BCUT2D eigenvalue weighted by molar-refractivity contribution is 0.187. The van der Waals surface area contributed by atoms with Crippen LogP contribution in [-0.4, -0.2) is 49.1 Å². The minimum atomic E-state index is 0.743. The SMILES string of the molecule is CCN1CCC(CCNC(=NC)NCc2ncc(C)s2)CC1. The molecule has 0 unspecified atom stereocenters. The zero-order chi connectivity index (χ0) is 15.8. The number of nitrogens with one attached hydrogen (secondary N) is 2. The van der Waals surface area contributed by atoms with Crippen LogP contribution in [0.2, 0.25) is 0 Å². The summed E-state index contributed by atoms with van der Waals surface area (Å²) < 4.78 is 0. The van der Waals surface area contributed by atoms with E-state index in [9.17, 15) is 0 Å². The molecule has 0 spiro atoms. The van der Waals surface area contributed by atoms with Gasteiger partial charge in [-0.05, 0) is 51.7 Å². The summed E-state index contributed by atoms with van der Waals surface area (Å²) in [6.45, 7) is 9.78. The number of rotatable bonds is 6. The molecule has 2 rings (SSSR count). The van der Waals surface area contributed by atoms with E-state index in [0.717, 1.165) is 30.0 Å². The van der Waals surface area contributed by atoms with Gasteiger partial charge in [-0.3, -0.25) is 4.99 Å². The Morgan fingerprint density at radius 1 is 1.41 bits per heavy atom. The van der Waals surface area contributed by atoms with Gasteiger partial charge < -0.3 is 15.5 Å². The van der Waals surface area contributed by atoms with E-state index in [-0.39, 0.29) is 0 Å². The first-order valence-electron chi connectivity index (χ1n) is 8.29. The van der Waals surface area contributed by atoms with Crippen LogP contribution >= 0.6 is 11.3 Å². The molecule has 1 aromatic rings. The topological polar surface area (TPSA) is 52.5 Å². The molecule has 0 saturated carbocycles. The van der Waals surface area contributed by atoms with Crippen molar-refractivity contribution in [3.63, 3.8) is 0 Å². The fourth-order valence-corrected chi connectivity index (χ4v) is 3.58. The van der Waals surface area contributed by atoms with Gasteiger partial charge in [0.1, 0.15) is 5.01 Å². The molecule has 5 nitrogen and oxygen atoms in total. The first-order chi connectivity index (χ1) is 10.7. The van der Waals surface area contributed by atoms with Crippen molar-refractivity contribution >= 4 is 17.3 Å². The van der Waals surface area contributed by atoms with Crippen LogP contribution in [0.4, 0.5) is 0 Å². The van der Waals surface area contributed by atoms with Crippen LogP contribution in [0, 0.1) is 12.8 Å². The van der Waals surface area contributed by atoms with Crippen molar-refractivity contribution in [2.45, 2.75) is 39.7 Å². The number of piperidine rings is 1. The zero-order valence-corrected chi connectivity index (χ0v) is 14.9. The van der Waals surface area contributed by atoms with Gasteiger partial charge in [-0.15, -0.1) is 11.3 Å². The van der Waals surface area contributed by atoms with Crippen LogP contribution in [0.3, 0.4) is 0 Å². The third-order valence-electron chi connectivity index (χ3n) is 4.30. The minimum Gasteiger partial charge on any atom is -0.356 e. The van der Waals surface area contributed by atoms with Gasteiger partial charge in [0.05, 0.1) is 6.54 Å². The number of aliphatic imine (C=N–C) groups is 1. The van der Waals surface area contributed by atoms with Crippen LogP contribution in [0.25, 0.3) is 0 Å². The number of guanidine groups is 1. The summed E-state index contributed by atoms with van der Waals surface area (Å²) in [5.41, 5.74) is 0. The van der Waals surface area contributed by atoms with Gasteiger partial charge in [0.15, 0.2) is 5.96 Å². The van der Waals surface area contributed by atoms with Crippen molar-refractivity contribution in [2.75, 3.05) is 33.2 Å². The first-order valence-corrected chi connectivity index (χ1v) is 9.11. The molecule has 22 heavy (non-hydrogen) atoms. The van der Waals surface area contributed by atoms with Crippen molar-refractivity contribution in [3.05, 3.63) is 16.1 Å². The second kappa shape index (κ2) is 9.10. The molecule has 1 aliphatic heterocycles. The molecular weight excluding hydrogens is 294 g/mol. The maximum atomic E-state index is 4.36. The first kappa shape index (κ1) is 17.2. The number of aromatic nitrogens is 1. The van der Waals surface area contributed by atoms with E-state index < -0.39 is 0 Å². The summed E-state index contributed by atoms with van der Waals surface area (Å²) in [4.78, 5) is 12.4. The fraction of sp³-hybridized carbons (Fsp3) is 0.750. The average molecular weight is 324 g/mol. The van der Waals surface area contributed by atoms with Crippen molar-refractivity contribution < 1.29 is 0 Å². The second-order valence-corrected chi connectivity index (χ2v) is 7.20. The maximum absolute atomic E-state index is 4.36. The van der Waals surface area contributed by atoms with E-state index in [0.29, 0.717) is 0 Å². The van der Waals surface area contributed by atoms with Crippen molar-refractivity contribution in [2.24, 2.45) is 10.9 Å². The lowest BCUT2D eigenvalue weighted by Gasteiger charge is -2.31. The monoisotopic (exact) mass is 323 g/mol. The standard InChI is InChI=1S/C16H29N5S/c1-4-21-9-6-14(7-10-21)5-8-18-16(17-3)20-12-15-19-11-13(2)22-15/h11,14H,4-10,12H2,1-3H3,(H2,17,18,20). The molecule has 124 valence electrons. The van der Waals surface area contributed by atoms with Crippen LogP contribution in [0.5, 0.6) is 0 Å². The predicted octanol–water partition coefficient (Wildman–Crippen LogP) is 2.24. The summed E-state index contributed by atoms with van der Waals surface area (Å²) in [6.07, 6.45) is 5.81. The number of likely N-dealkylation sites (tertiary alicyclic amines) is 1. The van der Waals surface area contributed by atoms with E-state index in [1.807, 2.05) is 13.2 Å². The molecule has 0 amide bonds. The number of hydrogen-bond donors (Lipinski definition) is 2. The van der Waals surface area contributed by atoms with Gasteiger partial charge in [0, 0.05) is 24.7 Å². The second-order valence-electron chi connectivity index (χ2n) is 5.88. The lowest BCUT2D eigenvalue weighted by atomic mass is 9.93. The lowest BCUT2D eigenvalue weighted by Crippen LogP contribution is -2.39. The molecule has 6 heteroatoms. The Morgan fingerprint density at radius 2 is 2.18 bits per heavy atom. The average Bonchev–Trinajstić information content (AvgIpc) is 2.96. The molecule has 1 fully saturated rings. The Balaban J connectivity index is 1.62. The van der Waals surface area contributed by atoms with Gasteiger partial charge >= 0.3 is 0 Å². The summed E-state index contributed by atoms with van der Waals surface area (Å²) in [7, 11) is 1.82. The number of thiazole rings is 1. The van der Waals surface area contributed by atoms with Gasteiger partial charge in [0.25, 0.3) is 0 Å². The van der Waals surface area contributed by atoms with E-state index in [1.54, 1.807) is 11.3 Å². The molecule has 0 bridgehead atoms. The zero-order valence-electron chi connectivity index (χ0n) is 14.1. The molecule has 1 aliphatic rings. The Hall–Kier alpha value is -1.14. The van der Waals surface area contributed by atoms with Gasteiger partial charge in [0.2, 0.25) is 0 Å². The number of nitrogens with zero attached hydrogens (tertiary/aromatic N) is 3. The highest BCUT2D eigenvalue weighted by Gasteiger charge is 2.17. The molecule has 1 aromatic heterocycles. The van der Waals surface area contributed by atoms with Gasteiger partial charge in [-0.2, -0.15) is 0 Å². The van der Waals surface area contributed by atoms with E-state index >= 15 is 0 Å². The Morgan fingerprint density at radius 3 is 2.77 bits per heavy atom. The van der Waals surface area contributed by atoms with Gasteiger partial charge in [-0.25, -0.2) is 4.98 Å². The maximum Gasteiger partial charge on any atom is 0.191 e. The molecular formula is C16H29N5S. The highest BCUT2D eigenvalue weighted by Crippen LogP contribution is 2.19. The molecule has 1 saturated heterocycles. The summed E-state index contributed by atoms with van der Waals surface area (Å²) in [5.74, 6) is 1.73. The Bertz CT molecular complexity index is 463.